The SMILES string of the molecule is Cc1cc(CO)cnc1N(C)C1CCCC1. The predicted octanol–water partition coefficient (Wildman–Crippen LogP) is 2.26. The highest BCUT2D eigenvalue weighted by molar-refractivity contribution is 5.47. The summed E-state index contributed by atoms with van der Waals surface area (Å²) in [5, 5.41) is 9.05. The van der Waals surface area contributed by atoms with Crippen LogP contribution in [0.4, 0.5) is 5.82 Å². The number of anilines is 1. The first-order chi connectivity index (χ1) is 7.72. The largest absolute Gasteiger partial charge is 0.392 e. The normalized spacial score (nSPS) is 16.7. The topological polar surface area (TPSA) is 36.4 Å². The van der Waals surface area contributed by atoms with Crippen LogP contribution in [0.1, 0.15) is 36.8 Å². The summed E-state index contributed by atoms with van der Waals surface area (Å²) in [6.45, 7) is 2.13. The molecule has 1 heterocycles. The Morgan fingerprint density at radius 3 is 2.69 bits per heavy atom. The number of aryl methyl sites for hydroxylation is 1. The van der Waals surface area contributed by atoms with Crippen LogP contribution in [-0.2, 0) is 6.61 Å². The van der Waals surface area contributed by atoms with Gasteiger partial charge in [-0.1, -0.05) is 12.8 Å². The summed E-state index contributed by atoms with van der Waals surface area (Å²) in [4.78, 5) is 6.75. The van der Waals surface area contributed by atoms with Gasteiger partial charge in [0, 0.05) is 19.3 Å². The van der Waals surface area contributed by atoms with Crippen molar-refractivity contribution in [3.8, 4) is 0 Å². The maximum Gasteiger partial charge on any atom is 0.131 e. The van der Waals surface area contributed by atoms with Crippen molar-refractivity contribution in [2.75, 3.05) is 11.9 Å². The molecule has 1 aliphatic rings. The zero-order chi connectivity index (χ0) is 11.5. The molecular weight excluding hydrogens is 200 g/mol. The van der Waals surface area contributed by atoms with Gasteiger partial charge < -0.3 is 10.0 Å². The molecule has 0 amide bonds. The highest BCUT2D eigenvalue weighted by Crippen LogP contribution is 2.27. The van der Waals surface area contributed by atoms with Gasteiger partial charge in [-0.2, -0.15) is 0 Å². The number of hydrogen-bond donors (Lipinski definition) is 1. The third-order valence-corrected chi connectivity index (χ3v) is 3.50. The lowest BCUT2D eigenvalue weighted by atomic mass is 10.1. The Hall–Kier alpha value is -1.09. The molecule has 0 saturated heterocycles. The fourth-order valence-corrected chi connectivity index (χ4v) is 2.55. The molecule has 0 radical (unpaired) electrons. The van der Waals surface area contributed by atoms with Crippen LogP contribution in [0, 0.1) is 6.92 Å². The van der Waals surface area contributed by atoms with E-state index in [2.05, 4.69) is 23.9 Å². The van der Waals surface area contributed by atoms with Crippen molar-refractivity contribution in [2.45, 2.75) is 45.3 Å². The number of hydrogen-bond acceptors (Lipinski definition) is 3. The van der Waals surface area contributed by atoms with Gasteiger partial charge in [0.1, 0.15) is 5.82 Å². The van der Waals surface area contributed by atoms with Crippen LogP contribution < -0.4 is 4.90 Å². The van der Waals surface area contributed by atoms with Crippen molar-refractivity contribution in [1.82, 2.24) is 4.98 Å². The van der Waals surface area contributed by atoms with E-state index in [4.69, 9.17) is 5.11 Å². The van der Waals surface area contributed by atoms with Crippen LogP contribution in [0.2, 0.25) is 0 Å². The Balaban J connectivity index is 2.19. The summed E-state index contributed by atoms with van der Waals surface area (Å²) in [6.07, 6.45) is 7.00. The molecule has 3 heteroatoms. The second-order valence-corrected chi connectivity index (χ2v) is 4.69. The van der Waals surface area contributed by atoms with E-state index in [1.54, 1.807) is 6.20 Å². The molecule has 88 valence electrons. The summed E-state index contributed by atoms with van der Waals surface area (Å²) in [5.41, 5.74) is 2.04. The molecular formula is C13H20N2O. The molecule has 1 aromatic rings. The number of aliphatic hydroxyl groups is 1. The third-order valence-electron chi connectivity index (χ3n) is 3.50. The summed E-state index contributed by atoms with van der Waals surface area (Å²) >= 11 is 0. The number of pyridine rings is 1. The van der Waals surface area contributed by atoms with E-state index < -0.39 is 0 Å². The molecule has 0 aromatic carbocycles. The molecule has 0 atom stereocenters. The first kappa shape index (κ1) is 11.4. The van der Waals surface area contributed by atoms with Crippen molar-refractivity contribution in [1.29, 1.82) is 0 Å². The number of aromatic nitrogens is 1. The van der Waals surface area contributed by atoms with Crippen molar-refractivity contribution in [2.24, 2.45) is 0 Å². The second-order valence-electron chi connectivity index (χ2n) is 4.69. The first-order valence-corrected chi connectivity index (χ1v) is 6.01. The Morgan fingerprint density at radius 2 is 2.12 bits per heavy atom. The molecule has 1 aromatic heterocycles. The van der Waals surface area contributed by atoms with Gasteiger partial charge in [-0.25, -0.2) is 4.98 Å². The Bertz CT molecular complexity index is 359. The average Bonchev–Trinajstić information content (AvgIpc) is 2.81. The molecule has 1 fully saturated rings. The van der Waals surface area contributed by atoms with E-state index in [9.17, 15) is 0 Å². The third kappa shape index (κ3) is 2.19. The molecule has 0 unspecified atom stereocenters. The first-order valence-electron chi connectivity index (χ1n) is 6.01. The molecule has 16 heavy (non-hydrogen) atoms. The maximum atomic E-state index is 9.05. The monoisotopic (exact) mass is 220 g/mol. The lowest BCUT2D eigenvalue weighted by molar-refractivity contribution is 0.281. The lowest BCUT2D eigenvalue weighted by Crippen LogP contribution is -2.30. The van der Waals surface area contributed by atoms with Gasteiger partial charge in [-0.15, -0.1) is 0 Å². The van der Waals surface area contributed by atoms with Crippen LogP contribution >= 0.6 is 0 Å². The zero-order valence-electron chi connectivity index (χ0n) is 10.1. The standard InChI is InChI=1S/C13H20N2O/c1-10-7-11(9-16)8-14-13(10)15(2)12-5-3-4-6-12/h7-8,12,16H,3-6,9H2,1-2H3. The Kier molecular flexibility index (Phi) is 3.44. The predicted molar refractivity (Wildman–Crippen MR) is 65.6 cm³/mol. The van der Waals surface area contributed by atoms with Gasteiger partial charge >= 0.3 is 0 Å². The van der Waals surface area contributed by atoms with Crippen LogP contribution in [0.25, 0.3) is 0 Å². The molecule has 1 saturated carbocycles. The quantitative estimate of drug-likeness (QED) is 0.849. The van der Waals surface area contributed by atoms with E-state index in [0.29, 0.717) is 6.04 Å². The number of rotatable bonds is 3. The Labute approximate surface area is 97.1 Å². The van der Waals surface area contributed by atoms with Crippen molar-refractivity contribution >= 4 is 5.82 Å². The van der Waals surface area contributed by atoms with Gasteiger partial charge in [0.15, 0.2) is 0 Å². The van der Waals surface area contributed by atoms with Crippen molar-refractivity contribution in [3.05, 3.63) is 23.4 Å². The summed E-state index contributed by atoms with van der Waals surface area (Å²) in [5.74, 6) is 1.06. The van der Waals surface area contributed by atoms with E-state index in [-0.39, 0.29) is 6.61 Å². The molecule has 3 nitrogen and oxygen atoms in total. The number of nitrogens with zero attached hydrogens (tertiary/aromatic N) is 2. The lowest BCUT2D eigenvalue weighted by Gasteiger charge is -2.27. The minimum Gasteiger partial charge on any atom is -0.392 e. The van der Waals surface area contributed by atoms with Crippen LogP contribution in [0.15, 0.2) is 12.3 Å². The summed E-state index contributed by atoms with van der Waals surface area (Å²) in [7, 11) is 2.13. The molecule has 1 aliphatic carbocycles. The average molecular weight is 220 g/mol. The number of aliphatic hydroxyl groups excluding tert-OH is 1. The van der Waals surface area contributed by atoms with E-state index in [1.807, 2.05) is 6.07 Å². The smallest absolute Gasteiger partial charge is 0.131 e. The minimum absolute atomic E-state index is 0.0707. The van der Waals surface area contributed by atoms with Crippen LogP contribution in [0.3, 0.4) is 0 Å². The van der Waals surface area contributed by atoms with Gasteiger partial charge in [0.25, 0.3) is 0 Å². The van der Waals surface area contributed by atoms with Crippen molar-refractivity contribution in [3.63, 3.8) is 0 Å². The minimum atomic E-state index is 0.0707. The summed E-state index contributed by atoms with van der Waals surface area (Å²) < 4.78 is 0. The van der Waals surface area contributed by atoms with Gasteiger partial charge in [-0.3, -0.25) is 0 Å². The van der Waals surface area contributed by atoms with Gasteiger partial charge in [0.2, 0.25) is 0 Å². The zero-order valence-corrected chi connectivity index (χ0v) is 10.1. The van der Waals surface area contributed by atoms with Crippen molar-refractivity contribution < 1.29 is 5.11 Å². The van der Waals surface area contributed by atoms with Crippen LogP contribution in [0.5, 0.6) is 0 Å². The fourth-order valence-electron chi connectivity index (χ4n) is 2.55. The molecule has 0 spiro atoms. The molecule has 2 rings (SSSR count). The van der Waals surface area contributed by atoms with Crippen LogP contribution in [-0.4, -0.2) is 23.2 Å². The highest BCUT2D eigenvalue weighted by Gasteiger charge is 2.21. The highest BCUT2D eigenvalue weighted by atomic mass is 16.3. The molecule has 0 aliphatic heterocycles. The molecule has 0 bridgehead atoms. The maximum absolute atomic E-state index is 9.05. The molecule has 1 N–H and O–H groups in total. The van der Waals surface area contributed by atoms with E-state index in [1.165, 1.54) is 25.7 Å². The Morgan fingerprint density at radius 1 is 1.44 bits per heavy atom. The second kappa shape index (κ2) is 4.83. The summed E-state index contributed by atoms with van der Waals surface area (Å²) in [6, 6.07) is 2.67. The van der Waals surface area contributed by atoms with E-state index >= 15 is 0 Å². The van der Waals surface area contributed by atoms with Gasteiger partial charge in [-0.05, 0) is 37.0 Å². The van der Waals surface area contributed by atoms with E-state index in [0.717, 1.165) is 16.9 Å². The van der Waals surface area contributed by atoms with Gasteiger partial charge in [0.05, 0.1) is 6.61 Å². The fraction of sp³-hybridized carbons (Fsp3) is 0.615.